The molecule has 2 saturated heterocycles. The summed E-state index contributed by atoms with van der Waals surface area (Å²) < 4.78 is 7.31. The van der Waals surface area contributed by atoms with E-state index in [1.165, 1.54) is 0 Å². The molecule has 0 bridgehead atoms. The predicted molar refractivity (Wildman–Crippen MR) is 128 cm³/mol. The number of rotatable bonds is 7. The zero-order chi connectivity index (χ0) is 24.6. The highest BCUT2D eigenvalue weighted by Crippen LogP contribution is 2.41. The summed E-state index contributed by atoms with van der Waals surface area (Å²) in [6.07, 6.45) is 7.43. The fraction of sp³-hybridized carbons (Fsp3) is 0.385. The smallest absolute Gasteiger partial charge is 0.415 e. The maximum absolute atomic E-state index is 12.6. The molecule has 3 aliphatic rings. The Morgan fingerprint density at radius 3 is 2.78 bits per heavy atom. The second-order valence-electron chi connectivity index (χ2n) is 9.72. The highest BCUT2D eigenvalue weighted by atomic mass is 16.6. The summed E-state index contributed by atoms with van der Waals surface area (Å²) in [5, 5.41) is 17.0. The number of nitrogens with zero attached hydrogens (tertiary/aromatic N) is 7. The van der Waals surface area contributed by atoms with Crippen molar-refractivity contribution < 1.29 is 14.3 Å². The van der Waals surface area contributed by atoms with E-state index in [2.05, 4.69) is 28.5 Å². The zero-order valence-corrected chi connectivity index (χ0v) is 19.6. The fourth-order valence-corrected chi connectivity index (χ4v) is 5.75. The Labute approximate surface area is 208 Å². The van der Waals surface area contributed by atoms with E-state index in [1.807, 2.05) is 24.4 Å². The van der Waals surface area contributed by atoms with Gasteiger partial charge in [-0.2, -0.15) is 5.26 Å². The van der Waals surface area contributed by atoms with Crippen LogP contribution in [0.1, 0.15) is 17.7 Å². The van der Waals surface area contributed by atoms with Crippen molar-refractivity contribution in [1.82, 2.24) is 24.9 Å². The number of amides is 2. The van der Waals surface area contributed by atoms with Crippen molar-refractivity contribution in [3.63, 3.8) is 0 Å². The molecule has 2 aromatic heterocycles. The summed E-state index contributed by atoms with van der Waals surface area (Å²) >= 11 is 0. The molecule has 2 amide bonds. The Balaban J connectivity index is 1.17. The summed E-state index contributed by atoms with van der Waals surface area (Å²) in [6.45, 7) is 1.78. The van der Waals surface area contributed by atoms with Crippen LogP contribution >= 0.6 is 0 Å². The van der Waals surface area contributed by atoms with Crippen LogP contribution in [0.4, 0.5) is 10.5 Å². The number of carbonyl (C=O) groups excluding carboxylic acids is 2. The maximum atomic E-state index is 12.6. The molecule has 0 spiro atoms. The molecule has 0 aliphatic carbocycles. The molecule has 4 atom stereocenters. The van der Waals surface area contributed by atoms with E-state index in [9.17, 15) is 9.59 Å². The molecule has 6 rings (SSSR count). The van der Waals surface area contributed by atoms with Gasteiger partial charge in [0, 0.05) is 43.2 Å². The van der Waals surface area contributed by atoms with Gasteiger partial charge in [-0.25, -0.2) is 9.48 Å². The topological polar surface area (TPSA) is 117 Å². The molecular weight excluding hydrogens is 458 g/mol. The van der Waals surface area contributed by atoms with Gasteiger partial charge in [0.2, 0.25) is 6.41 Å². The number of anilines is 1. The lowest BCUT2D eigenvalue weighted by Crippen LogP contribution is -2.35. The van der Waals surface area contributed by atoms with Crippen LogP contribution < -0.4 is 4.90 Å². The Morgan fingerprint density at radius 1 is 1.17 bits per heavy atom. The van der Waals surface area contributed by atoms with Gasteiger partial charge in [-0.1, -0.05) is 17.3 Å². The lowest BCUT2D eigenvalue weighted by molar-refractivity contribution is -0.117. The number of carbonyl (C=O) groups is 2. The highest BCUT2D eigenvalue weighted by molar-refractivity contribution is 5.94. The first kappa shape index (κ1) is 22.2. The van der Waals surface area contributed by atoms with Crippen LogP contribution in [0.25, 0.3) is 11.1 Å². The molecule has 3 aromatic rings. The van der Waals surface area contributed by atoms with E-state index in [4.69, 9.17) is 15.0 Å². The van der Waals surface area contributed by atoms with Gasteiger partial charge in [-0.3, -0.25) is 14.7 Å². The van der Waals surface area contributed by atoms with Crippen LogP contribution in [0.2, 0.25) is 0 Å². The molecule has 2 fully saturated rings. The number of ether oxygens (including phenoxy) is 1. The maximum Gasteiger partial charge on any atom is 0.415 e. The minimum atomic E-state index is -0.322. The van der Waals surface area contributed by atoms with Crippen LogP contribution in [0, 0.1) is 23.2 Å². The average Bonchev–Trinajstić information content (AvgIpc) is 3.67. The van der Waals surface area contributed by atoms with Crippen LogP contribution in [0.3, 0.4) is 0 Å². The minimum absolute atomic E-state index is 0.0637. The summed E-state index contributed by atoms with van der Waals surface area (Å²) in [7, 11) is 0. The van der Waals surface area contributed by atoms with Gasteiger partial charge in [-0.15, -0.1) is 5.10 Å². The molecule has 5 heterocycles. The van der Waals surface area contributed by atoms with Crippen molar-refractivity contribution >= 4 is 18.2 Å². The van der Waals surface area contributed by atoms with Crippen LogP contribution in [-0.4, -0.2) is 62.6 Å². The molecule has 1 aromatic carbocycles. The van der Waals surface area contributed by atoms with Crippen molar-refractivity contribution in [2.75, 3.05) is 18.0 Å². The Kier molecular flexibility index (Phi) is 5.60. The van der Waals surface area contributed by atoms with E-state index in [-0.39, 0.29) is 30.1 Å². The summed E-state index contributed by atoms with van der Waals surface area (Å²) in [5.74, 6) is 0.430. The van der Waals surface area contributed by atoms with Crippen molar-refractivity contribution in [3.8, 4) is 17.2 Å². The third-order valence-corrected chi connectivity index (χ3v) is 7.55. The molecule has 0 saturated carbocycles. The SMILES string of the molecule is N#CCC1CN(C=O)CC1Cc1ccc(-c2ccc3c(c2)C[C@H]2C(Cn4ccnn4)OC(=O)N32)cn1. The third-order valence-electron chi connectivity index (χ3n) is 7.55. The number of hydrogen-bond donors (Lipinski definition) is 0. The first-order chi connectivity index (χ1) is 17.6. The Bertz CT molecular complexity index is 1320. The molecule has 10 heteroatoms. The predicted octanol–water partition coefficient (Wildman–Crippen LogP) is 2.45. The van der Waals surface area contributed by atoms with Crippen molar-refractivity contribution in [3.05, 3.63) is 60.2 Å². The van der Waals surface area contributed by atoms with Gasteiger partial charge in [-0.05, 0) is 54.0 Å². The van der Waals surface area contributed by atoms with Crippen molar-refractivity contribution in [2.24, 2.45) is 11.8 Å². The molecule has 3 aliphatic heterocycles. The molecule has 0 N–H and O–H groups in total. The summed E-state index contributed by atoms with van der Waals surface area (Å²) in [4.78, 5) is 32.0. The van der Waals surface area contributed by atoms with Gasteiger partial charge >= 0.3 is 6.09 Å². The molecule has 10 nitrogen and oxygen atoms in total. The average molecular weight is 484 g/mol. The summed E-state index contributed by atoms with van der Waals surface area (Å²) in [5.41, 5.74) is 5.01. The number of hydrogen-bond acceptors (Lipinski definition) is 7. The first-order valence-corrected chi connectivity index (χ1v) is 12.1. The molecule has 36 heavy (non-hydrogen) atoms. The number of pyridine rings is 1. The second kappa shape index (κ2) is 9.07. The second-order valence-corrected chi connectivity index (χ2v) is 9.72. The number of fused-ring (bicyclic) bond motifs is 3. The normalized spacial score (nSPS) is 24.4. The van der Waals surface area contributed by atoms with E-state index in [0.29, 0.717) is 26.1 Å². The number of cyclic esters (lactones) is 1. The molecule has 182 valence electrons. The van der Waals surface area contributed by atoms with E-state index in [0.717, 1.165) is 47.3 Å². The van der Waals surface area contributed by atoms with E-state index in [1.54, 1.807) is 26.9 Å². The molecule has 3 unspecified atom stereocenters. The van der Waals surface area contributed by atoms with Gasteiger partial charge in [0.05, 0.1) is 30.5 Å². The lowest BCUT2D eigenvalue weighted by Gasteiger charge is -2.16. The van der Waals surface area contributed by atoms with Gasteiger partial charge in [0.15, 0.2) is 0 Å². The standard InChI is InChI=1S/C26H25N7O3/c27-6-5-19-13-31(16-34)14-21(19)10-22-3-1-18(12-28-22)17-2-4-23-20(9-17)11-24-25(36-26(35)33(23)24)15-32-8-7-29-30-32/h1-4,7-9,12,16,19,21,24-25H,5,10-11,13-15H2/t19?,21?,24-,25?/m0/s1. The van der Waals surface area contributed by atoms with Crippen LogP contribution in [0.5, 0.6) is 0 Å². The van der Waals surface area contributed by atoms with Crippen LogP contribution in [0.15, 0.2) is 48.9 Å². The van der Waals surface area contributed by atoms with Gasteiger partial charge < -0.3 is 9.64 Å². The Morgan fingerprint density at radius 2 is 2.03 bits per heavy atom. The number of likely N-dealkylation sites (tertiary alicyclic amines) is 1. The van der Waals surface area contributed by atoms with Crippen molar-refractivity contribution in [1.29, 1.82) is 5.26 Å². The zero-order valence-electron chi connectivity index (χ0n) is 19.6. The largest absolute Gasteiger partial charge is 0.442 e. The minimum Gasteiger partial charge on any atom is -0.442 e. The van der Waals surface area contributed by atoms with Crippen LogP contribution in [-0.2, 0) is 28.9 Å². The first-order valence-electron chi connectivity index (χ1n) is 12.1. The van der Waals surface area contributed by atoms with E-state index >= 15 is 0 Å². The number of aromatic nitrogens is 4. The Hall–Kier alpha value is -4.26. The number of benzene rings is 1. The van der Waals surface area contributed by atoms with Gasteiger partial charge in [0.25, 0.3) is 0 Å². The summed E-state index contributed by atoms with van der Waals surface area (Å²) in [6, 6.07) is 12.4. The molecular formula is C26H25N7O3. The quantitative estimate of drug-likeness (QED) is 0.474. The monoisotopic (exact) mass is 483 g/mol. The fourth-order valence-electron chi connectivity index (χ4n) is 5.75. The third kappa shape index (κ3) is 3.96. The van der Waals surface area contributed by atoms with E-state index < -0.39 is 0 Å². The molecule has 0 radical (unpaired) electrons. The van der Waals surface area contributed by atoms with Crippen molar-refractivity contribution in [2.45, 2.75) is 38.0 Å². The lowest BCUT2D eigenvalue weighted by atomic mass is 9.89. The number of nitriles is 1. The highest BCUT2D eigenvalue weighted by Gasteiger charge is 2.47. The van der Waals surface area contributed by atoms with Gasteiger partial charge in [0.1, 0.15) is 6.10 Å².